The van der Waals surface area contributed by atoms with E-state index < -0.39 is 0 Å². The SMILES string of the molecule is CCCOCCC(C)(C)NC(=O)C(C)C. The summed E-state index contributed by atoms with van der Waals surface area (Å²) < 4.78 is 5.41. The molecule has 0 aromatic heterocycles. The standard InChI is InChI=1S/C12H25NO2/c1-6-8-15-9-7-12(4,5)13-11(14)10(2)3/h10H,6-9H2,1-5H3,(H,13,14). The van der Waals surface area contributed by atoms with Crippen molar-refractivity contribution in [3.63, 3.8) is 0 Å². The molecule has 0 aliphatic heterocycles. The third-order valence-electron chi connectivity index (χ3n) is 2.21. The van der Waals surface area contributed by atoms with Crippen LogP contribution in [0.1, 0.15) is 47.5 Å². The van der Waals surface area contributed by atoms with Crippen molar-refractivity contribution in [2.24, 2.45) is 5.92 Å². The molecule has 0 aromatic carbocycles. The maximum absolute atomic E-state index is 11.5. The summed E-state index contributed by atoms with van der Waals surface area (Å²) in [6.45, 7) is 11.5. The van der Waals surface area contributed by atoms with E-state index in [4.69, 9.17) is 4.74 Å². The maximum atomic E-state index is 11.5. The first-order valence-electron chi connectivity index (χ1n) is 5.79. The van der Waals surface area contributed by atoms with Crippen molar-refractivity contribution in [3.05, 3.63) is 0 Å². The Bertz CT molecular complexity index is 188. The number of hydrogen-bond donors (Lipinski definition) is 1. The predicted molar refractivity (Wildman–Crippen MR) is 62.8 cm³/mol. The second-order valence-corrected chi connectivity index (χ2v) is 4.89. The van der Waals surface area contributed by atoms with E-state index in [1.54, 1.807) is 0 Å². The third-order valence-corrected chi connectivity index (χ3v) is 2.21. The zero-order chi connectivity index (χ0) is 11.9. The van der Waals surface area contributed by atoms with Gasteiger partial charge in [-0.05, 0) is 26.7 Å². The molecule has 0 spiro atoms. The number of carbonyl (C=O) groups excluding carboxylic acids is 1. The predicted octanol–water partition coefficient (Wildman–Crippen LogP) is 2.35. The van der Waals surface area contributed by atoms with Crippen LogP contribution in [-0.4, -0.2) is 24.7 Å². The molecule has 0 saturated carbocycles. The molecule has 1 N–H and O–H groups in total. The summed E-state index contributed by atoms with van der Waals surface area (Å²) in [5.41, 5.74) is -0.172. The van der Waals surface area contributed by atoms with Gasteiger partial charge in [0.25, 0.3) is 0 Å². The fourth-order valence-electron chi connectivity index (χ4n) is 1.11. The fraction of sp³-hybridized carbons (Fsp3) is 0.917. The zero-order valence-corrected chi connectivity index (χ0v) is 10.7. The highest BCUT2D eigenvalue weighted by Crippen LogP contribution is 2.09. The normalized spacial score (nSPS) is 11.9. The first kappa shape index (κ1) is 14.4. The Kier molecular flexibility index (Phi) is 6.57. The Morgan fingerprint density at radius 3 is 2.40 bits per heavy atom. The molecule has 1 amide bonds. The monoisotopic (exact) mass is 215 g/mol. The molecule has 3 heteroatoms. The molecule has 3 nitrogen and oxygen atoms in total. The number of ether oxygens (including phenoxy) is 1. The minimum absolute atomic E-state index is 0.0424. The summed E-state index contributed by atoms with van der Waals surface area (Å²) in [5.74, 6) is 0.149. The van der Waals surface area contributed by atoms with E-state index in [0.717, 1.165) is 19.4 Å². The molecule has 90 valence electrons. The molecule has 0 saturated heterocycles. The maximum Gasteiger partial charge on any atom is 0.222 e. The molecule has 0 unspecified atom stereocenters. The zero-order valence-electron chi connectivity index (χ0n) is 10.7. The number of rotatable bonds is 7. The minimum Gasteiger partial charge on any atom is -0.381 e. The topological polar surface area (TPSA) is 38.3 Å². The average molecular weight is 215 g/mol. The second-order valence-electron chi connectivity index (χ2n) is 4.89. The van der Waals surface area contributed by atoms with Crippen molar-refractivity contribution in [3.8, 4) is 0 Å². The molecule has 0 fully saturated rings. The molecule has 0 rings (SSSR count). The van der Waals surface area contributed by atoms with Gasteiger partial charge in [-0.1, -0.05) is 20.8 Å². The van der Waals surface area contributed by atoms with Crippen LogP contribution in [0.3, 0.4) is 0 Å². The van der Waals surface area contributed by atoms with Crippen LogP contribution in [0.25, 0.3) is 0 Å². The van der Waals surface area contributed by atoms with Gasteiger partial charge in [-0.3, -0.25) is 4.79 Å². The lowest BCUT2D eigenvalue weighted by Crippen LogP contribution is -2.45. The Morgan fingerprint density at radius 1 is 1.33 bits per heavy atom. The molecular weight excluding hydrogens is 190 g/mol. The summed E-state index contributed by atoms with van der Waals surface area (Å²) in [6.07, 6.45) is 1.89. The van der Waals surface area contributed by atoms with E-state index in [-0.39, 0.29) is 17.4 Å². The van der Waals surface area contributed by atoms with Crippen LogP contribution in [0.4, 0.5) is 0 Å². The molecule has 0 radical (unpaired) electrons. The molecule has 15 heavy (non-hydrogen) atoms. The molecule has 0 aromatic rings. The van der Waals surface area contributed by atoms with Crippen molar-refractivity contribution in [1.29, 1.82) is 0 Å². The van der Waals surface area contributed by atoms with Crippen molar-refractivity contribution in [2.45, 2.75) is 53.0 Å². The van der Waals surface area contributed by atoms with Gasteiger partial charge in [-0.2, -0.15) is 0 Å². The highest BCUT2D eigenvalue weighted by molar-refractivity contribution is 5.78. The van der Waals surface area contributed by atoms with Gasteiger partial charge in [0, 0.05) is 24.7 Å². The van der Waals surface area contributed by atoms with E-state index in [1.807, 2.05) is 27.7 Å². The Balaban J connectivity index is 3.81. The van der Waals surface area contributed by atoms with Gasteiger partial charge in [0.2, 0.25) is 5.91 Å². The van der Waals surface area contributed by atoms with Crippen molar-refractivity contribution >= 4 is 5.91 Å². The summed E-state index contributed by atoms with van der Waals surface area (Å²) in [4.78, 5) is 11.5. The highest BCUT2D eigenvalue weighted by Gasteiger charge is 2.21. The molecule has 0 heterocycles. The van der Waals surface area contributed by atoms with Gasteiger partial charge in [-0.25, -0.2) is 0 Å². The van der Waals surface area contributed by atoms with Crippen molar-refractivity contribution < 1.29 is 9.53 Å². The van der Waals surface area contributed by atoms with Crippen LogP contribution >= 0.6 is 0 Å². The van der Waals surface area contributed by atoms with E-state index in [9.17, 15) is 4.79 Å². The van der Waals surface area contributed by atoms with Gasteiger partial charge in [0.05, 0.1) is 0 Å². The van der Waals surface area contributed by atoms with Crippen LogP contribution in [0.15, 0.2) is 0 Å². The minimum atomic E-state index is -0.172. The van der Waals surface area contributed by atoms with Crippen molar-refractivity contribution in [1.82, 2.24) is 5.32 Å². The van der Waals surface area contributed by atoms with E-state index >= 15 is 0 Å². The summed E-state index contributed by atoms with van der Waals surface area (Å²) in [7, 11) is 0. The lowest BCUT2D eigenvalue weighted by molar-refractivity contribution is -0.125. The average Bonchev–Trinajstić information content (AvgIpc) is 2.11. The van der Waals surface area contributed by atoms with Gasteiger partial charge >= 0.3 is 0 Å². The van der Waals surface area contributed by atoms with Gasteiger partial charge in [-0.15, -0.1) is 0 Å². The smallest absolute Gasteiger partial charge is 0.222 e. The number of amides is 1. The van der Waals surface area contributed by atoms with Crippen LogP contribution < -0.4 is 5.32 Å². The number of nitrogens with one attached hydrogen (secondary N) is 1. The van der Waals surface area contributed by atoms with E-state index in [2.05, 4.69) is 12.2 Å². The van der Waals surface area contributed by atoms with E-state index in [0.29, 0.717) is 6.61 Å². The highest BCUT2D eigenvalue weighted by atomic mass is 16.5. The number of hydrogen-bond acceptors (Lipinski definition) is 2. The van der Waals surface area contributed by atoms with Crippen LogP contribution in [0.2, 0.25) is 0 Å². The van der Waals surface area contributed by atoms with Crippen LogP contribution in [-0.2, 0) is 9.53 Å². The number of carbonyl (C=O) groups is 1. The molecule has 0 atom stereocenters. The summed E-state index contributed by atoms with van der Waals surface area (Å²) >= 11 is 0. The van der Waals surface area contributed by atoms with Gasteiger partial charge in [0.15, 0.2) is 0 Å². The Morgan fingerprint density at radius 2 is 1.93 bits per heavy atom. The van der Waals surface area contributed by atoms with Crippen molar-refractivity contribution in [2.75, 3.05) is 13.2 Å². The lowest BCUT2D eigenvalue weighted by atomic mass is 10.00. The largest absolute Gasteiger partial charge is 0.381 e. The first-order valence-corrected chi connectivity index (χ1v) is 5.79. The molecule has 0 aliphatic rings. The fourth-order valence-corrected chi connectivity index (χ4v) is 1.11. The summed E-state index contributed by atoms with van der Waals surface area (Å²) in [6, 6.07) is 0. The Labute approximate surface area is 93.6 Å². The van der Waals surface area contributed by atoms with E-state index in [1.165, 1.54) is 0 Å². The van der Waals surface area contributed by atoms with Crippen LogP contribution in [0.5, 0.6) is 0 Å². The molecular formula is C12H25NO2. The first-order chi connectivity index (χ1) is 6.89. The Hall–Kier alpha value is -0.570. The van der Waals surface area contributed by atoms with Gasteiger partial charge < -0.3 is 10.1 Å². The quantitative estimate of drug-likeness (QED) is 0.662. The molecule has 0 aliphatic carbocycles. The lowest BCUT2D eigenvalue weighted by Gasteiger charge is -2.27. The van der Waals surface area contributed by atoms with Crippen LogP contribution in [0, 0.1) is 5.92 Å². The molecule has 0 bridgehead atoms. The summed E-state index contributed by atoms with van der Waals surface area (Å²) in [5, 5.41) is 3.01. The third kappa shape index (κ3) is 7.37. The second kappa shape index (κ2) is 6.83. The van der Waals surface area contributed by atoms with Gasteiger partial charge in [0.1, 0.15) is 0 Å².